The lowest BCUT2D eigenvalue weighted by molar-refractivity contribution is 0.102. The van der Waals surface area contributed by atoms with Crippen molar-refractivity contribution in [2.75, 3.05) is 5.32 Å². The van der Waals surface area contributed by atoms with E-state index in [2.05, 4.69) is 10.3 Å². The summed E-state index contributed by atoms with van der Waals surface area (Å²) in [5, 5.41) is 2.58. The first kappa shape index (κ1) is 14.6. The van der Waals surface area contributed by atoms with Crippen molar-refractivity contribution >= 4 is 11.6 Å². The summed E-state index contributed by atoms with van der Waals surface area (Å²) < 4.78 is 5.70. The van der Waals surface area contributed by atoms with Crippen LogP contribution in [0, 0.1) is 0 Å². The van der Waals surface area contributed by atoms with E-state index in [1.165, 1.54) is 18.5 Å². The molecule has 1 aromatic heterocycles. The summed E-state index contributed by atoms with van der Waals surface area (Å²) in [4.78, 5) is 26.6. The molecule has 0 atom stereocenters. The lowest BCUT2D eigenvalue weighted by Gasteiger charge is -2.08. The maximum absolute atomic E-state index is 12.3. The smallest absolute Gasteiger partial charge is 0.255 e. The zero-order valence-corrected chi connectivity index (χ0v) is 12.2. The van der Waals surface area contributed by atoms with E-state index in [0.717, 1.165) is 0 Å². The highest BCUT2D eigenvalue weighted by molar-refractivity contribution is 6.04. The van der Waals surface area contributed by atoms with Crippen molar-refractivity contribution in [3.63, 3.8) is 0 Å². The second-order valence-corrected chi connectivity index (χ2v) is 4.82. The number of hydrogen-bond acceptors (Lipinski definition) is 3. The van der Waals surface area contributed by atoms with Gasteiger partial charge >= 0.3 is 0 Å². The second-order valence-electron chi connectivity index (χ2n) is 4.82. The minimum atomic E-state index is -0.375. The third-order valence-electron chi connectivity index (χ3n) is 3.15. The quantitative estimate of drug-likeness (QED) is 0.776. The average Bonchev–Trinajstić information content (AvgIpc) is 2.58. The number of pyridine rings is 1. The van der Waals surface area contributed by atoms with E-state index in [9.17, 15) is 9.59 Å². The minimum Gasteiger partial charge on any atom is -0.457 e. The van der Waals surface area contributed by atoms with Gasteiger partial charge in [0.05, 0.1) is 0 Å². The number of H-pyrrole nitrogens is 1. The summed E-state index contributed by atoms with van der Waals surface area (Å²) in [5.41, 5.74) is 0.349. The summed E-state index contributed by atoms with van der Waals surface area (Å²) in [5.74, 6) is 0.857. The van der Waals surface area contributed by atoms with Crippen molar-refractivity contribution in [1.29, 1.82) is 0 Å². The molecule has 114 valence electrons. The van der Waals surface area contributed by atoms with Crippen molar-refractivity contribution in [2.45, 2.75) is 0 Å². The van der Waals surface area contributed by atoms with Crippen LogP contribution in [-0.2, 0) is 0 Å². The summed E-state index contributed by atoms with van der Waals surface area (Å²) >= 11 is 0. The standard InChI is InChI=1S/C18H14N2O3/c21-17-9-10-19-12-16(17)20-18(22)13-5-4-8-15(11-13)23-14-6-2-1-3-7-14/h1-12H,(H,19,21)(H,20,22). The maximum Gasteiger partial charge on any atom is 0.255 e. The van der Waals surface area contributed by atoms with Crippen LogP contribution < -0.4 is 15.5 Å². The van der Waals surface area contributed by atoms with Gasteiger partial charge in [0, 0.05) is 24.0 Å². The number of para-hydroxylation sites is 1. The van der Waals surface area contributed by atoms with Crippen molar-refractivity contribution in [3.8, 4) is 11.5 Å². The molecule has 0 fully saturated rings. The van der Waals surface area contributed by atoms with Crippen molar-refractivity contribution in [3.05, 3.63) is 88.8 Å². The van der Waals surface area contributed by atoms with E-state index in [4.69, 9.17) is 4.74 Å². The Morgan fingerprint density at radius 1 is 0.957 bits per heavy atom. The van der Waals surface area contributed by atoms with E-state index in [-0.39, 0.29) is 17.0 Å². The van der Waals surface area contributed by atoms with Crippen LogP contribution in [0.1, 0.15) is 10.4 Å². The van der Waals surface area contributed by atoms with Crippen LogP contribution in [0.3, 0.4) is 0 Å². The number of nitrogens with one attached hydrogen (secondary N) is 2. The molecule has 2 N–H and O–H groups in total. The minimum absolute atomic E-state index is 0.201. The van der Waals surface area contributed by atoms with Crippen LogP contribution in [0.15, 0.2) is 77.9 Å². The molecule has 5 nitrogen and oxygen atoms in total. The van der Waals surface area contributed by atoms with Crippen LogP contribution in [-0.4, -0.2) is 10.9 Å². The maximum atomic E-state index is 12.3. The Balaban J connectivity index is 1.78. The van der Waals surface area contributed by atoms with E-state index in [1.807, 2.05) is 30.3 Å². The number of aromatic nitrogens is 1. The monoisotopic (exact) mass is 306 g/mol. The van der Waals surface area contributed by atoms with Crippen LogP contribution in [0.5, 0.6) is 11.5 Å². The highest BCUT2D eigenvalue weighted by atomic mass is 16.5. The van der Waals surface area contributed by atoms with Crippen molar-refractivity contribution < 1.29 is 9.53 Å². The molecular weight excluding hydrogens is 292 g/mol. The molecule has 0 aliphatic rings. The lowest BCUT2D eigenvalue weighted by atomic mass is 10.2. The summed E-state index contributed by atoms with van der Waals surface area (Å²) in [6.45, 7) is 0. The van der Waals surface area contributed by atoms with E-state index >= 15 is 0 Å². The van der Waals surface area contributed by atoms with Gasteiger partial charge in [-0.3, -0.25) is 9.59 Å². The Bertz CT molecular complexity index is 872. The van der Waals surface area contributed by atoms with Gasteiger partial charge in [-0.1, -0.05) is 24.3 Å². The molecular formula is C18H14N2O3. The van der Waals surface area contributed by atoms with Crippen LogP contribution in [0.2, 0.25) is 0 Å². The number of hydrogen-bond donors (Lipinski definition) is 2. The zero-order valence-electron chi connectivity index (χ0n) is 12.2. The number of amides is 1. The summed E-state index contributed by atoms with van der Waals surface area (Å²) in [6, 6.07) is 17.4. The normalized spacial score (nSPS) is 10.1. The Kier molecular flexibility index (Phi) is 4.20. The number of carbonyl (C=O) groups is 1. The third kappa shape index (κ3) is 3.65. The Morgan fingerprint density at radius 3 is 2.52 bits per heavy atom. The Morgan fingerprint density at radius 2 is 1.74 bits per heavy atom. The van der Waals surface area contributed by atoms with Crippen LogP contribution >= 0.6 is 0 Å². The van der Waals surface area contributed by atoms with Crippen LogP contribution in [0.25, 0.3) is 0 Å². The SMILES string of the molecule is O=C(Nc1c[nH]ccc1=O)c1cccc(Oc2ccccc2)c1. The zero-order chi connectivity index (χ0) is 16.1. The van der Waals surface area contributed by atoms with E-state index in [0.29, 0.717) is 17.1 Å². The predicted octanol–water partition coefficient (Wildman–Crippen LogP) is 3.42. The number of anilines is 1. The average molecular weight is 306 g/mol. The van der Waals surface area contributed by atoms with Gasteiger partial charge in [0.2, 0.25) is 5.43 Å². The number of rotatable bonds is 4. The summed E-state index contributed by atoms with van der Waals surface area (Å²) in [6.07, 6.45) is 2.96. The molecule has 1 amide bonds. The fraction of sp³-hybridized carbons (Fsp3) is 0. The van der Waals surface area contributed by atoms with Gasteiger partial charge in [-0.25, -0.2) is 0 Å². The van der Waals surface area contributed by atoms with Gasteiger partial charge in [-0.05, 0) is 30.3 Å². The molecule has 23 heavy (non-hydrogen) atoms. The molecule has 2 aromatic carbocycles. The molecule has 0 spiro atoms. The first-order valence-corrected chi connectivity index (χ1v) is 7.04. The molecule has 0 saturated heterocycles. The molecule has 1 heterocycles. The number of carbonyl (C=O) groups excluding carboxylic acids is 1. The molecule has 0 saturated carbocycles. The number of benzene rings is 2. The Labute approximate surface area is 132 Å². The number of aromatic amines is 1. The predicted molar refractivity (Wildman–Crippen MR) is 88.0 cm³/mol. The van der Waals surface area contributed by atoms with Gasteiger partial charge in [0.25, 0.3) is 5.91 Å². The highest BCUT2D eigenvalue weighted by Crippen LogP contribution is 2.22. The first-order valence-electron chi connectivity index (χ1n) is 7.04. The fourth-order valence-electron chi connectivity index (χ4n) is 2.03. The topological polar surface area (TPSA) is 71.2 Å². The van der Waals surface area contributed by atoms with Crippen LogP contribution in [0.4, 0.5) is 5.69 Å². The second kappa shape index (κ2) is 6.62. The Hall–Kier alpha value is -3.34. The van der Waals surface area contributed by atoms with Gasteiger partial charge < -0.3 is 15.0 Å². The lowest BCUT2D eigenvalue weighted by Crippen LogP contribution is -2.17. The molecule has 0 unspecified atom stereocenters. The van der Waals surface area contributed by atoms with E-state index in [1.54, 1.807) is 24.3 Å². The third-order valence-corrected chi connectivity index (χ3v) is 3.15. The largest absolute Gasteiger partial charge is 0.457 e. The van der Waals surface area contributed by atoms with Gasteiger partial charge in [-0.2, -0.15) is 0 Å². The van der Waals surface area contributed by atoms with E-state index < -0.39 is 0 Å². The molecule has 0 aliphatic heterocycles. The highest BCUT2D eigenvalue weighted by Gasteiger charge is 2.09. The molecule has 0 aliphatic carbocycles. The first-order chi connectivity index (χ1) is 11.2. The fourth-order valence-corrected chi connectivity index (χ4v) is 2.03. The van der Waals surface area contributed by atoms with Gasteiger partial charge in [0.1, 0.15) is 17.2 Å². The number of ether oxygens (including phenoxy) is 1. The van der Waals surface area contributed by atoms with Gasteiger partial charge in [0.15, 0.2) is 0 Å². The summed E-state index contributed by atoms with van der Waals surface area (Å²) in [7, 11) is 0. The molecule has 3 aromatic rings. The molecule has 0 radical (unpaired) electrons. The molecule has 3 rings (SSSR count). The van der Waals surface area contributed by atoms with Crippen molar-refractivity contribution in [1.82, 2.24) is 4.98 Å². The molecule has 0 bridgehead atoms. The molecule has 5 heteroatoms. The van der Waals surface area contributed by atoms with Gasteiger partial charge in [-0.15, -0.1) is 0 Å². The van der Waals surface area contributed by atoms with Crippen molar-refractivity contribution in [2.24, 2.45) is 0 Å².